The lowest BCUT2D eigenvalue weighted by Crippen LogP contribution is -1.81. The van der Waals surface area contributed by atoms with Gasteiger partial charge in [0.1, 0.15) is 0 Å². The van der Waals surface area contributed by atoms with Gasteiger partial charge in [-0.3, -0.25) is 0 Å². The number of rotatable bonds is 0. The van der Waals surface area contributed by atoms with E-state index in [1.54, 1.807) is 12.3 Å². The van der Waals surface area contributed by atoms with Gasteiger partial charge in [-0.15, -0.1) is 0 Å². The molecule has 0 unspecified atom stereocenters. The molecule has 11 heavy (non-hydrogen) atoms. The van der Waals surface area contributed by atoms with E-state index in [0.717, 1.165) is 10.9 Å². The summed E-state index contributed by atoms with van der Waals surface area (Å²) in [5.74, 6) is 0. The summed E-state index contributed by atoms with van der Waals surface area (Å²) >= 11 is 5.85. The highest BCUT2D eigenvalue weighted by atomic mass is 35.5. The third kappa shape index (κ3) is 1.05. The minimum atomic E-state index is 0.640. The number of aromatic nitrogens is 2. The van der Waals surface area contributed by atoms with Gasteiger partial charge in [0.2, 0.25) is 0 Å². The van der Waals surface area contributed by atoms with Gasteiger partial charge in [0.15, 0.2) is 6.33 Å². The molecule has 0 fully saturated rings. The third-order valence-electron chi connectivity index (χ3n) is 1.44. The molecule has 0 aliphatic heterocycles. The fourth-order valence-corrected chi connectivity index (χ4v) is 1.16. The van der Waals surface area contributed by atoms with Crippen LogP contribution in [0.15, 0.2) is 24.4 Å². The van der Waals surface area contributed by atoms with E-state index in [0.29, 0.717) is 5.02 Å². The van der Waals surface area contributed by atoms with E-state index >= 15 is 0 Å². The maximum absolute atomic E-state index is 5.85. The van der Waals surface area contributed by atoms with Gasteiger partial charge in [-0.25, -0.2) is 9.97 Å². The zero-order chi connectivity index (χ0) is 7.68. The number of hydrogen-bond acceptors (Lipinski definition) is 2. The summed E-state index contributed by atoms with van der Waals surface area (Å²) in [6, 6.07) is 5.58. The Labute approximate surface area is 68.9 Å². The minimum Gasteiger partial charge on any atom is -0.233 e. The quantitative estimate of drug-likeness (QED) is 0.594. The Kier molecular flexibility index (Phi) is 1.47. The highest BCUT2D eigenvalue weighted by Gasteiger charge is 1.96. The number of para-hydroxylation sites is 1. The molecule has 53 valence electrons. The Morgan fingerprint density at radius 3 is 3.09 bits per heavy atom. The molecule has 0 saturated heterocycles. The first-order valence-corrected chi connectivity index (χ1v) is 3.53. The van der Waals surface area contributed by atoms with Crippen molar-refractivity contribution >= 4 is 22.5 Å². The molecule has 1 radical (unpaired) electrons. The van der Waals surface area contributed by atoms with Crippen LogP contribution in [-0.4, -0.2) is 9.97 Å². The van der Waals surface area contributed by atoms with E-state index in [-0.39, 0.29) is 0 Å². The van der Waals surface area contributed by atoms with Crippen LogP contribution < -0.4 is 0 Å². The van der Waals surface area contributed by atoms with Crippen molar-refractivity contribution in [3.8, 4) is 0 Å². The van der Waals surface area contributed by atoms with E-state index in [4.69, 9.17) is 11.6 Å². The Bertz CT molecular complexity index is 381. The molecule has 0 bridgehead atoms. The molecule has 1 aromatic heterocycles. The van der Waals surface area contributed by atoms with Gasteiger partial charge < -0.3 is 0 Å². The molecule has 3 heteroatoms. The second-order valence-corrected chi connectivity index (χ2v) is 2.55. The van der Waals surface area contributed by atoms with Gasteiger partial charge in [-0.2, -0.15) is 0 Å². The predicted octanol–water partition coefficient (Wildman–Crippen LogP) is 2.08. The summed E-state index contributed by atoms with van der Waals surface area (Å²) in [7, 11) is 0. The molecule has 0 N–H and O–H groups in total. The van der Waals surface area contributed by atoms with Crippen LogP contribution in [-0.2, 0) is 0 Å². The zero-order valence-corrected chi connectivity index (χ0v) is 6.34. The highest BCUT2D eigenvalue weighted by Crippen LogP contribution is 2.18. The molecule has 0 atom stereocenters. The Morgan fingerprint density at radius 2 is 2.27 bits per heavy atom. The molecule has 1 heterocycles. The van der Waals surface area contributed by atoms with Crippen molar-refractivity contribution in [2.45, 2.75) is 0 Å². The fourth-order valence-electron chi connectivity index (χ4n) is 0.931. The van der Waals surface area contributed by atoms with Gasteiger partial charge >= 0.3 is 0 Å². The topological polar surface area (TPSA) is 25.8 Å². The number of hydrogen-bond donors (Lipinski definition) is 0. The van der Waals surface area contributed by atoms with Crippen LogP contribution in [0.25, 0.3) is 10.9 Å². The summed E-state index contributed by atoms with van der Waals surface area (Å²) in [6.45, 7) is 0. The molecule has 0 amide bonds. The standard InChI is InChI=1S/C8H4ClN2/c9-7-3-1-2-6-4-10-5-11-8(6)7/h1-4H. The van der Waals surface area contributed by atoms with E-state index in [2.05, 4.69) is 16.3 Å². The SMILES string of the molecule is Clc1cccc2cn[c]nc12. The first kappa shape index (κ1) is 6.55. The summed E-state index contributed by atoms with van der Waals surface area (Å²) < 4.78 is 0. The monoisotopic (exact) mass is 163 g/mol. The lowest BCUT2D eigenvalue weighted by atomic mass is 10.2. The van der Waals surface area contributed by atoms with Crippen molar-refractivity contribution in [1.82, 2.24) is 9.97 Å². The molecule has 0 spiro atoms. The lowest BCUT2D eigenvalue weighted by molar-refractivity contribution is 1.20. The number of nitrogens with zero attached hydrogens (tertiary/aromatic N) is 2. The van der Waals surface area contributed by atoms with Crippen molar-refractivity contribution in [3.05, 3.63) is 35.7 Å². The maximum Gasteiger partial charge on any atom is 0.198 e. The van der Waals surface area contributed by atoms with Crippen molar-refractivity contribution in [2.24, 2.45) is 0 Å². The van der Waals surface area contributed by atoms with Crippen molar-refractivity contribution in [1.29, 1.82) is 0 Å². The van der Waals surface area contributed by atoms with Gasteiger partial charge in [0.05, 0.1) is 10.5 Å². The predicted molar refractivity (Wildman–Crippen MR) is 43.4 cm³/mol. The van der Waals surface area contributed by atoms with Crippen molar-refractivity contribution < 1.29 is 0 Å². The number of fused-ring (bicyclic) bond motifs is 1. The van der Waals surface area contributed by atoms with Gasteiger partial charge in [-0.05, 0) is 6.07 Å². The molecule has 2 aromatic rings. The average Bonchev–Trinajstić information content (AvgIpc) is 2.06. The van der Waals surface area contributed by atoms with Crippen molar-refractivity contribution in [2.75, 3.05) is 0 Å². The van der Waals surface area contributed by atoms with E-state index in [1.165, 1.54) is 0 Å². The first-order valence-electron chi connectivity index (χ1n) is 3.15. The molecular formula is C8H4ClN2. The Morgan fingerprint density at radius 1 is 1.36 bits per heavy atom. The van der Waals surface area contributed by atoms with Crippen LogP contribution in [0.5, 0.6) is 0 Å². The second-order valence-electron chi connectivity index (χ2n) is 2.15. The number of benzene rings is 1. The van der Waals surface area contributed by atoms with Gasteiger partial charge in [0, 0.05) is 11.6 Å². The Balaban J connectivity index is 2.91. The zero-order valence-electron chi connectivity index (χ0n) is 5.58. The molecule has 2 rings (SSSR count). The summed E-state index contributed by atoms with van der Waals surface area (Å²) in [5, 5.41) is 1.58. The smallest absolute Gasteiger partial charge is 0.198 e. The van der Waals surface area contributed by atoms with Crippen LogP contribution in [0.4, 0.5) is 0 Å². The van der Waals surface area contributed by atoms with Crippen LogP contribution in [0.3, 0.4) is 0 Å². The van der Waals surface area contributed by atoms with Crippen LogP contribution in [0, 0.1) is 6.33 Å². The molecule has 0 saturated carbocycles. The van der Waals surface area contributed by atoms with Crippen LogP contribution in [0.2, 0.25) is 5.02 Å². The van der Waals surface area contributed by atoms with Crippen molar-refractivity contribution in [3.63, 3.8) is 0 Å². The molecule has 2 nitrogen and oxygen atoms in total. The molecule has 0 aliphatic rings. The Hall–Kier alpha value is -1.15. The molecule has 0 aliphatic carbocycles. The second kappa shape index (κ2) is 2.47. The van der Waals surface area contributed by atoms with Gasteiger partial charge in [0.25, 0.3) is 0 Å². The summed E-state index contributed by atoms with van der Waals surface area (Å²) in [5.41, 5.74) is 0.754. The summed E-state index contributed by atoms with van der Waals surface area (Å²) in [6.07, 6.45) is 4.18. The summed E-state index contributed by atoms with van der Waals surface area (Å²) in [4.78, 5) is 7.67. The number of halogens is 1. The first-order chi connectivity index (χ1) is 5.38. The molecular weight excluding hydrogens is 160 g/mol. The van der Waals surface area contributed by atoms with E-state index in [9.17, 15) is 0 Å². The highest BCUT2D eigenvalue weighted by molar-refractivity contribution is 6.34. The molecule has 1 aromatic carbocycles. The van der Waals surface area contributed by atoms with Crippen LogP contribution in [0.1, 0.15) is 0 Å². The largest absolute Gasteiger partial charge is 0.233 e. The van der Waals surface area contributed by atoms with E-state index in [1.807, 2.05) is 12.1 Å². The minimum absolute atomic E-state index is 0.640. The maximum atomic E-state index is 5.85. The normalized spacial score (nSPS) is 10.3. The van der Waals surface area contributed by atoms with Crippen LogP contribution >= 0.6 is 11.6 Å². The fraction of sp³-hybridized carbons (Fsp3) is 0. The lowest BCUT2D eigenvalue weighted by Gasteiger charge is -1.94. The average molecular weight is 164 g/mol. The van der Waals surface area contributed by atoms with E-state index < -0.39 is 0 Å². The van der Waals surface area contributed by atoms with Gasteiger partial charge in [-0.1, -0.05) is 23.7 Å². The third-order valence-corrected chi connectivity index (χ3v) is 1.75.